The number of rotatable bonds is 4. The first kappa shape index (κ1) is 18.6. The molecule has 2 unspecified atom stereocenters. The van der Waals surface area contributed by atoms with Crippen molar-refractivity contribution >= 4 is 46.4 Å². The molecule has 0 spiro atoms. The summed E-state index contributed by atoms with van der Waals surface area (Å²) in [7, 11) is 3.03. The van der Waals surface area contributed by atoms with Crippen molar-refractivity contribution < 1.29 is 23.9 Å². The number of carbonyl (C=O) groups excluding carboxylic acids is 2. The fraction of sp³-hybridized carbons (Fsp3) is 0.211. The maximum atomic E-state index is 13.1. The van der Waals surface area contributed by atoms with Crippen LogP contribution >= 0.6 is 23.2 Å². The van der Waals surface area contributed by atoms with Crippen molar-refractivity contribution in [1.29, 1.82) is 0 Å². The van der Waals surface area contributed by atoms with Crippen LogP contribution in [-0.2, 0) is 14.4 Å². The molecule has 2 aromatic rings. The lowest BCUT2D eigenvalue weighted by Gasteiger charge is -2.16. The average Bonchev–Trinajstić information content (AvgIpc) is 3.24. The van der Waals surface area contributed by atoms with E-state index in [1.165, 1.54) is 26.4 Å². The van der Waals surface area contributed by atoms with E-state index in [0.717, 1.165) is 4.90 Å². The molecule has 9 heteroatoms. The summed E-state index contributed by atoms with van der Waals surface area (Å²) >= 11 is 12.0. The Morgan fingerprint density at radius 2 is 1.79 bits per heavy atom. The monoisotopic (exact) mass is 420 g/mol. The molecule has 0 saturated carbocycles. The number of oxime groups is 1. The molecule has 0 bridgehead atoms. The van der Waals surface area contributed by atoms with Crippen LogP contribution in [0.3, 0.4) is 0 Å². The molecule has 2 aromatic carbocycles. The number of benzene rings is 2. The maximum Gasteiger partial charge on any atom is 0.278 e. The Kier molecular flexibility index (Phi) is 4.64. The molecule has 2 atom stereocenters. The second kappa shape index (κ2) is 7.00. The third-order valence-electron chi connectivity index (χ3n) is 4.66. The predicted octanol–water partition coefficient (Wildman–Crippen LogP) is 3.30. The summed E-state index contributed by atoms with van der Waals surface area (Å²) in [5.74, 6) is -0.844. The van der Waals surface area contributed by atoms with Gasteiger partial charge in [0.05, 0.1) is 30.0 Å². The summed E-state index contributed by atoms with van der Waals surface area (Å²) < 4.78 is 10.6. The van der Waals surface area contributed by atoms with Crippen LogP contribution in [0, 0.1) is 5.92 Å². The van der Waals surface area contributed by atoms with Gasteiger partial charge in [-0.3, -0.25) is 9.59 Å². The molecule has 1 fully saturated rings. The largest absolute Gasteiger partial charge is 0.497 e. The summed E-state index contributed by atoms with van der Waals surface area (Å²) in [6.07, 6.45) is -1.05. The molecule has 28 heavy (non-hydrogen) atoms. The molecule has 0 radical (unpaired) electrons. The van der Waals surface area contributed by atoms with E-state index in [9.17, 15) is 9.59 Å². The third kappa shape index (κ3) is 2.78. The molecule has 2 aliphatic rings. The second-order valence-electron chi connectivity index (χ2n) is 6.16. The molecular weight excluding hydrogens is 407 g/mol. The average molecular weight is 421 g/mol. The van der Waals surface area contributed by atoms with Crippen LogP contribution in [0.25, 0.3) is 0 Å². The number of nitrogens with zero attached hydrogens (tertiary/aromatic N) is 2. The number of fused-ring (bicyclic) bond motifs is 1. The topological polar surface area (TPSA) is 77.4 Å². The number of methoxy groups -OCH3 is 2. The molecule has 2 aliphatic heterocycles. The number of anilines is 1. The first-order valence-electron chi connectivity index (χ1n) is 8.25. The summed E-state index contributed by atoms with van der Waals surface area (Å²) in [6, 6.07) is 9.64. The molecule has 2 heterocycles. The number of amides is 2. The van der Waals surface area contributed by atoms with Crippen LogP contribution in [0.1, 0.15) is 5.56 Å². The SMILES string of the molecule is COc1ccc(OC)c(C2=NOC3C(=O)N(c4ccc(Cl)c(Cl)c4)C(=O)C23)c1. The van der Waals surface area contributed by atoms with Crippen molar-refractivity contribution in [2.45, 2.75) is 6.10 Å². The Bertz CT molecular complexity index is 1020. The standard InChI is InChI=1S/C19H14Cl2N2O5/c1-26-10-4-6-14(27-2)11(8-10)16-15-17(28-22-16)19(25)23(18(15)24)9-3-5-12(20)13(21)7-9/h3-8,15,17H,1-2H3. The third-order valence-corrected chi connectivity index (χ3v) is 5.40. The minimum absolute atomic E-state index is 0.237. The maximum absolute atomic E-state index is 13.1. The zero-order valence-corrected chi connectivity index (χ0v) is 16.3. The van der Waals surface area contributed by atoms with Crippen LogP contribution in [0.2, 0.25) is 10.0 Å². The number of ether oxygens (including phenoxy) is 2. The van der Waals surface area contributed by atoms with Crippen LogP contribution in [0.4, 0.5) is 5.69 Å². The van der Waals surface area contributed by atoms with Gasteiger partial charge < -0.3 is 14.3 Å². The van der Waals surface area contributed by atoms with Gasteiger partial charge in [-0.15, -0.1) is 0 Å². The lowest BCUT2D eigenvalue weighted by molar-refractivity contribution is -0.126. The van der Waals surface area contributed by atoms with Crippen molar-refractivity contribution in [2.24, 2.45) is 11.1 Å². The highest BCUT2D eigenvalue weighted by atomic mass is 35.5. The summed E-state index contributed by atoms with van der Waals surface area (Å²) in [4.78, 5) is 32.3. The van der Waals surface area contributed by atoms with Crippen LogP contribution in [0.5, 0.6) is 11.5 Å². The Hall–Kier alpha value is -2.77. The zero-order chi connectivity index (χ0) is 20.0. The van der Waals surface area contributed by atoms with Crippen molar-refractivity contribution in [3.8, 4) is 11.5 Å². The van der Waals surface area contributed by atoms with E-state index >= 15 is 0 Å². The summed E-state index contributed by atoms with van der Waals surface area (Å²) in [5.41, 5.74) is 1.15. The Labute approximate surface area is 170 Å². The van der Waals surface area contributed by atoms with Crippen LogP contribution in [0.15, 0.2) is 41.6 Å². The highest BCUT2D eigenvalue weighted by Crippen LogP contribution is 2.39. The predicted molar refractivity (Wildman–Crippen MR) is 103 cm³/mol. The Morgan fingerprint density at radius 3 is 2.46 bits per heavy atom. The smallest absolute Gasteiger partial charge is 0.278 e. The first-order valence-corrected chi connectivity index (χ1v) is 9.01. The molecule has 4 rings (SSSR count). The molecule has 1 saturated heterocycles. The second-order valence-corrected chi connectivity index (χ2v) is 6.97. The van der Waals surface area contributed by atoms with Crippen LogP contribution < -0.4 is 14.4 Å². The van der Waals surface area contributed by atoms with E-state index in [4.69, 9.17) is 37.5 Å². The van der Waals surface area contributed by atoms with Gasteiger partial charge in [0.2, 0.25) is 12.0 Å². The Morgan fingerprint density at radius 1 is 1.00 bits per heavy atom. The van der Waals surface area contributed by atoms with Gasteiger partial charge in [-0.1, -0.05) is 28.4 Å². The van der Waals surface area contributed by atoms with Gasteiger partial charge in [0.25, 0.3) is 5.91 Å². The van der Waals surface area contributed by atoms with Gasteiger partial charge >= 0.3 is 0 Å². The van der Waals surface area contributed by atoms with E-state index in [-0.39, 0.29) is 5.02 Å². The van der Waals surface area contributed by atoms with Gasteiger partial charge in [-0.05, 0) is 36.4 Å². The molecule has 7 nitrogen and oxygen atoms in total. The highest BCUT2D eigenvalue weighted by Gasteiger charge is 2.56. The van der Waals surface area contributed by atoms with E-state index in [2.05, 4.69) is 5.16 Å². The number of carbonyl (C=O) groups is 2. The number of hydrogen-bond donors (Lipinski definition) is 0. The minimum Gasteiger partial charge on any atom is -0.497 e. The minimum atomic E-state index is -1.05. The van der Waals surface area contributed by atoms with E-state index in [1.54, 1.807) is 24.3 Å². The summed E-state index contributed by atoms with van der Waals surface area (Å²) in [6.45, 7) is 0. The molecular formula is C19H14Cl2N2O5. The van der Waals surface area contributed by atoms with Crippen molar-refractivity contribution in [3.63, 3.8) is 0 Å². The van der Waals surface area contributed by atoms with Crippen LogP contribution in [-0.4, -0.2) is 37.8 Å². The molecule has 144 valence electrons. The Balaban J connectivity index is 1.74. The van der Waals surface area contributed by atoms with E-state index in [1.807, 2.05) is 0 Å². The number of hydrogen-bond acceptors (Lipinski definition) is 6. The zero-order valence-electron chi connectivity index (χ0n) is 14.8. The number of halogens is 2. The summed E-state index contributed by atoms with van der Waals surface area (Å²) in [5, 5.41) is 4.56. The van der Waals surface area contributed by atoms with E-state index in [0.29, 0.717) is 33.5 Å². The normalized spacial score (nSPS) is 20.7. The lowest BCUT2D eigenvalue weighted by Crippen LogP contribution is -2.33. The first-order chi connectivity index (χ1) is 13.5. The molecule has 0 aromatic heterocycles. The quantitative estimate of drug-likeness (QED) is 0.709. The van der Waals surface area contributed by atoms with Crippen molar-refractivity contribution in [2.75, 3.05) is 19.1 Å². The fourth-order valence-electron chi connectivity index (χ4n) is 3.29. The number of imide groups is 1. The highest BCUT2D eigenvalue weighted by molar-refractivity contribution is 6.42. The van der Waals surface area contributed by atoms with Gasteiger partial charge in [0.1, 0.15) is 23.1 Å². The van der Waals surface area contributed by atoms with Gasteiger partial charge in [-0.2, -0.15) is 0 Å². The molecule has 0 N–H and O–H groups in total. The van der Waals surface area contributed by atoms with Crippen molar-refractivity contribution in [3.05, 3.63) is 52.0 Å². The molecule has 2 amide bonds. The van der Waals surface area contributed by atoms with Crippen molar-refractivity contribution in [1.82, 2.24) is 0 Å². The fourth-order valence-corrected chi connectivity index (χ4v) is 3.59. The van der Waals surface area contributed by atoms with Gasteiger partial charge in [0, 0.05) is 5.56 Å². The molecule has 0 aliphatic carbocycles. The van der Waals surface area contributed by atoms with Gasteiger partial charge in [0.15, 0.2) is 0 Å². The van der Waals surface area contributed by atoms with Gasteiger partial charge in [-0.25, -0.2) is 4.90 Å². The lowest BCUT2D eigenvalue weighted by atomic mass is 9.93. The van der Waals surface area contributed by atoms with E-state index < -0.39 is 23.8 Å².